The number of hydrogen-bond donors (Lipinski definition) is 1. The van der Waals surface area contributed by atoms with Gasteiger partial charge in [0.05, 0.1) is 18.4 Å². The molecule has 3 aromatic rings. The molecular formula is C22H23ClN4O. The summed E-state index contributed by atoms with van der Waals surface area (Å²) in [6.07, 6.45) is 2.71. The standard InChI is InChI=1S/C22H23ClN4O/c23-21-20(14-25-27(22(21)28)15-17-6-2-1-3-7-17)24-11-13-26-12-10-18-8-4-5-9-19(18)16-26/h1-9,14,24H,10-13,15-16H2. The first kappa shape index (κ1) is 18.7. The molecule has 1 aliphatic rings. The van der Waals surface area contributed by atoms with Crippen LogP contribution in [0.5, 0.6) is 0 Å². The van der Waals surface area contributed by atoms with Crippen LogP contribution < -0.4 is 10.9 Å². The predicted octanol–water partition coefficient (Wildman–Crippen LogP) is 3.42. The average molecular weight is 395 g/mol. The van der Waals surface area contributed by atoms with Gasteiger partial charge in [0.1, 0.15) is 5.02 Å². The molecule has 28 heavy (non-hydrogen) atoms. The summed E-state index contributed by atoms with van der Waals surface area (Å²) in [5.74, 6) is 0. The van der Waals surface area contributed by atoms with Crippen LogP contribution in [0.3, 0.4) is 0 Å². The highest BCUT2D eigenvalue weighted by Crippen LogP contribution is 2.19. The van der Waals surface area contributed by atoms with Gasteiger partial charge < -0.3 is 5.32 Å². The molecule has 0 saturated carbocycles. The van der Waals surface area contributed by atoms with Crippen molar-refractivity contribution in [3.8, 4) is 0 Å². The second kappa shape index (κ2) is 8.59. The smallest absolute Gasteiger partial charge is 0.287 e. The van der Waals surface area contributed by atoms with Gasteiger partial charge in [-0.25, -0.2) is 4.68 Å². The van der Waals surface area contributed by atoms with E-state index in [-0.39, 0.29) is 10.6 Å². The van der Waals surface area contributed by atoms with Crippen molar-refractivity contribution in [3.63, 3.8) is 0 Å². The zero-order valence-electron chi connectivity index (χ0n) is 15.6. The van der Waals surface area contributed by atoms with Crippen molar-refractivity contribution in [3.05, 3.63) is 92.9 Å². The van der Waals surface area contributed by atoms with E-state index < -0.39 is 0 Å². The van der Waals surface area contributed by atoms with Crippen LogP contribution in [0.1, 0.15) is 16.7 Å². The van der Waals surface area contributed by atoms with E-state index in [4.69, 9.17) is 11.6 Å². The molecule has 1 aliphatic heterocycles. The molecule has 6 heteroatoms. The van der Waals surface area contributed by atoms with Crippen LogP contribution in [0.2, 0.25) is 5.02 Å². The first-order chi connectivity index (χ1) is 13.7. The Morgan fingerprint density at radius 2 is 1.79 bits per heavy atom. The third-order valence-corrected chi connectivity index (χ3v) is 5.48. The summed E-state index contributed by atoms with van der Waals surface area (Å²) in [5, 5.41) is 7.73. The fraction of sp³-hybridized carbons (Fsp3) is 0.273. The van der Waals surface area contributed by atoms with E-state index in [0.29, 0.717) is 18.8 Å². The molecule has 4 rings (SSSR count). The number of benzene rings is 2. The van der Waals surface area contributed by atoms with Crippen LogP contribution in [0, 0.1) is 0 Å². The minimum atomic E-state index is -0.276. The van der Waals surface area contributed by atoms with E-state index in [2.05, 4.69) is 39.6 Å². The van der Waals surface area contributed by atoms with E-state index >= 15 is 0 Å². The molecule has 0 amide bonds. The summed E-state index contributed by atoms with van der Waals surface area (Å²) in [6.45, 7) is 4.02. The summed E-state index contributed by atoms with van der Waals surface area (Å²) < 4.78 is 1.39. The summed E-state index contributed by atoms with van der Waals surface area (Å²) >= 11 is 6.30. The average Bonchev–Trinajstić information content (AvgIpc) is 2.74. The zero-order chi connectivity index (χ0) is 19.3. The Kier molecular flexibility index (Phi) is 5.74. The van der Waals surface area contributed by atoms with Gasteiger partial charge in [-0.3, -0.25) is 9.69 Å². The summed E-state index contributed by atoms with van der Waals surface area (Å²) in [5.41, 5.74) is 4.17. The second-order valence-electron chi connectivity index (χ2n) is 7.04. The lowest BCUT2D eigenvalue weighted by molar-refractivity contribution is 0.264. The minimum absolute atomic E-state index is 0.190. The maximum Gasteiger partial charge on any atom is 0.287 e. The number of nitrogens with zero attached hydrogens (tertiary/aromatic N) is 3. The van der Waals surface area contributed by atoms with Crippen LogP contribution in [0.4, 0.5) is 5.69 Å². The lowest BCUT2D eigenvalue weighted by atomic mass is 10.00. The highest BCUT2D eigenvalue weighted by Gasteiger charge is 2.15. The normalized spacial score (nSPS) is 13.9. The van der Waals surface area contributed by atoms with Crippen molar-refractivity contribution in [1.82, 2.24) is 14.7 Å². The van der Waals surface area contributed by atoms with Crippen molar-refractivity contribution in [2.45, 2.75) is 19.5 Å². The van der Waals surface area contributed by atoms with E-state index in [1.807, 2.05) is 30.3 Å². The maximum absolute atomic E-state index is 12.5. The molecule has 144 valence electrons. The Labute approximate surface area is 169 Å². The molecule has 0 aliphatic carbocycles. The number of rotatable bonds is 6. The fourth-order valence-corrected chi connectivity index (χ4v) is 3.76. The van der Waals surface area contributed by atoms with Gasteiger partial charge in [-0.05, 0) is 23.1 Å². The topological polar surface area (TPSA) is 50.2 Å². The number of anilines is 1. The molecule has 0 bridgehead atoms. The number of nitrogens with one attached hydrogen (secondary N) is 1. The summed E-state index contributed by atoms with van der Waals surface area (Å²) in [4.78, 5) is 14.9. The molecule has 0 spiro atoms. The Hall–Kier alpha value is -2.63. The molecule has 0 atom stereocenters. The van der Waals surface area contributed by atoms with E-state index in [9.17, 15) is 4.79 Å². The number of hydrogen-bond acceptors (Lipinski definition) is 4. The zero-order valence-corrected chi connectivity index (χ0v) is 16.4. The lowest BCUT2D eigenvalue weighted by Crippen LogP contribution is -2.34. The number of halogens is 1. The lowest BCUT2D eigenvalue weighted by Gasteiger charge is -2.28. The van der Waals surface area contributed by atoms with Crippen molar-refractivity contribution < 1.29 is 0 Å². The minimum Gasteiger partial charge on any atom is -0.381 e. The van der Waals surface area contributed by atoms with Crippen molar-refractivity contribution in [1.29, 1.82) is 0 Å². The first-order valence-electron chi connectivity index (χ1n) is 9.53. The molecule has 2 aromatic carbocycles. The van der Waals surface area contributed by atoms with Gasteiger partial charge in [-0.1, -0.05) is 66.2 Å². The predicted molar refractivity (Wildman–Crippen MR) is 113 cm³/mol. The Morgan fingerprint density at radius 1 is 1.04 bits per heavy atom. The van der Waals surface area contributed by atoms with Crippen LogP contribution in [-0.2, 0) is 19.5 Å². The van der Waals surface area contributed by atoms with Gasteiger partial charge in [0.25, 0.3) is 5.56 Å². The van der Waals surface area contributed by atoms with Gasteiger partial charge in [0.2, 0.25) is 0 Å². The third-order valence-electron chi connectivity index (χ3n) is 5.11. The molecule has 0 saturated heterocycles. The highest BCUT2D eigenvalue weighted by molar-refractivity contribution is 6.32. The highest BCUT2D eigenvalue weighted by atomic mass is 35.5. The number of aromatic nitrogens is 2. The molecule has 2 heterocycles. The molecule has 0 unspecified atom stereocenters. The molecule has 1 aromatic heterocycles. The molecule has 0 fully saturated rings. The first-order valence-corrected chi connectivity index (χ1v) is 9.91. The van der Waals surface area contributed by atoms with Crippen molar-refractivity contribution in [2.75, 3.05) is 25.0 Å². The second-order valence-corrected chi connectivity index (χ2v) is 7.42. The van der Waals surface area contributed by atoms with Crippen LogP contribution in [-0.4, -0.2) is 34.3 Å². The molecule has 0 radical (unpaired) electrons. The van der Waals surface area contributed by atoms with E-state index in [0.717, 1.165) is 31.6 Å². The Morgan fingerprint density at radius 3 is 2.61 bits per heavy atom. The number of fused-ring (bicyclic) bond motifs is 1. The van der Waals surface area contributed by atoms with Gasteiger partial charge in [0, 0.05) is 26.2 Å². The van der Waals surface area contributed by atoms with Crippen molar-refractivity contribution >= 4 is 17.3 Å². The van der Waals surface area contributed by atoms with Crippen LogP contribution in [0.25, 0.3) is 0 Å². The van der Waals surface area contributed by atoms with E-state index in [1.165, 1.54) is 15.8 Å². The Bertz CT molecular complexity index is 1000. The van der Waals surface area contributed by atoms with Gasteiger partial charge in [0.15, 0.2) is 0 Å². The van der Waals surface area contributed by atoms with Crippen LogP contribution >= 0.6 is 11.6 Å². The monoisotopic (exact) mass is 394 g/mol. The van der Waals surface area contributed by atoms with Gasteiger partial charge in [-0.15, -0.1) is 0 Å². The van der Waals surface area contributed by atoms with Gasteiger partial charge >= 0.3 is 0 Å². The maximum atomic E-state index is 12.5. The van der Waals surface area contributed by atoms with Crippen LogP contribution in [0.15, 0.2) is 65.6 Å². The largest absolute Gasteiger partial charge is 0.381 e. The van der Waals surface area contributed by atoms with Crippen molar-refractivity contribution in [2.24, 2.45) is 0 Å². The molecule has 5 nitrogen and oxygen atoms in total. The third kappa shape index (κ3) is 4.26. The SMILES string of the molecule is O=c1c(Cl)c(NCCN2CCc3ccccc3C2)cnn1Cc1ccccc1. The quantitative estimate of drug-likeness (QED) is 0.696. The Balaban J connectivity index is 1.35. The molecular weight excluding hydrogens is 372 g/mol. The van der Waals surface area contributed by atoms with Gasteiger partial charge in [-0.2, -0.15) is 5.10 Å². The summed E-state index contributed by atoms with van der Waals surface area (Å²) in [7, 11) is 0. The fourth-order valence-electron chi connectivity index (χ4n) is 3.55. The molecule has 1 N–H and O–H groups in total. The summed E-state index contributed by atoms with van der Waals surface area (Å²) in [6, 6.07) is 18.4. The van der Waals surface area contributed by atoms with E-state index in [1.54, 1.807) is 6.20 Å².